The second-order valence-corrected chi connectivity index (χ2v) is 11.3. The lowest BCUT2D eigenvalue weighted by Crippen LogP contribution is -2.14. The van der Waals surface area contributed by atoms with Crippen molar-refractivity contribution in [1.29, 1.82) is 0 Å². The van der Waals surface area contributed by atoms with Crippen LogP contribution in [0.25, 0.3) is 5.69 Å². The topological polar surface area (TPSA) is 61.2 Å². The summed E-state index contributed by atoms with van der Waals surface area (Å²) in [6.45, 7) is 12.2. The molecule has 5 nitrogen and oxygen atoms in total. The second kappa shape index (κ2) is 7.75. The molecule has 0 aliphatic heterocycles. The lowest BCUT2D eigenvalue weighted by atomic mass is 9.87. The van der Waals surface area contributed by atoms with E-state index in [4.69, 9.17) is 15.8 Å². The van der Waals surface area contributed by atoms with Crippen molar-refractivity contribution in [3.05, 3.63) is 70.9 Å². The predicted molar refractivity (Wildman–Crippen MR) is 120 cm³/mol. The van der Waals surface area contributed by atoms with Crippen LogP contribution in [0.5, 0.6) is 5.88 Å². The second-order valence-electron chi connectivity index (χ2n) is 9.32. The van der Waals surface area contributed by atoms with E-state index in [1.807, 2.05) is 32.9 Å². The number of benzene rings is 2. The largest absolute Gasteiger partial charge is 0.358 e. The summed E-state index contributed by atoms with van der Waals surface area (Å²) in [6.07, 6.45) is 0. The minimum atomic E-state index is -4.03. The lowest BCUT2D eigenvalue weighted by molar-refractivity contribution is 0.464. The molecule has 0 radical (unpaired) electrons. The normalized spacial score (nSPS) is 12.8. The van der Waals surface area contributed by atoms with Gasteiger partial charge in [0.1, 0.15) is 4.90 Å². The molecule has 0 aliphatic carbocycles. The molecule has 0 N–H and O–H groups in total. The van der Waals surface area contributed by atoms with Crippen LogP contribution >= 0.6 is 11.6 Å². The van der Waals surface area contributed by atoms with Crippen molar-refractivity contribution in [3.8, 4) is 11.6 Å². The highest BCUT2D eigenvalue weighted by atomic mass is 35.5. The number of nitrogens with zero attached hydrogens (tertiary/aromatic N) is 2. The standard InChI is InChI=1S/C23H27ClN2O3S/c1-22(2,3)16-7-13-19(14-8-16)30(27,28)29-21-15-20(23(4,5)6)25-26(21)18-11-9-17(24)10-12-18/h7-15H,1-6H3. The number of aromatic nitrogens is 2. The molecule has 7 heteroatoms. The fourth-order valence-corrected chi connectivity index (χ4v) is 3.87. The number of halogens is 1. The molecule has 0 spiro atoms. The van der Waals surface area contributed by atoms with E-state index in [0.29, 0.717) is 16.4 Å². The Bertz CT molecular complexity index is 1140. The quantitative estimate of drug-likeness (QED) is 0.469. The molecule has 0 amide bonds. The van der Waals surface area contributed by atoms with Gasteiger partial charge in [0.2, 0.25) is 5.88 Å². The predicted octanol–water partition coefficient (Wildman–Crippen LogP) is 5.89. The molecule has 3 aromatic rings. The van der Waals surface area contributed by atoms with Crippen LogP contribution in [-0.4, -0.2) is 18.2 Å². The lowest BCUT2D eigenvalue weighted by Gasteiger charge is -2.19. The summed E-state index contributed by atoms with van der Waals surface area (Å²) in [5, 5.41) is 5.17. The van der Waals surface area contributed by atoms with E-state index in [1.165, 1.54) is 4.68 Å². The van der Waals surface area contributed by atoms with Crippen LogP contribution in [0.4, 0.5) is 0 Å². The molecule has 0 aliphatic rings. The summed E-state index contributed by atoms with van der Waals surface area (Å²) in [7, 11) is -4.03. The first-order valence-electron chi connectivity index (χ1n) is 9.69. The van der Waals surface area contributed by atoms with Crippen LogP contribution in [-0.2, 0) is 20.9 Å². The molecule has 0 saturated heterocycles. The molecule has 2 aromatic carbocycles. The molecule has 1 heterocycles. The first kappa shape index (κ1) is 22.4. The number of hydrogen-bond acceptors (Lipinski definition) is 4. The monoisotopic (exact) mass is 446 g/mol. The zero-order valence-corrected chi connectivity index (χ0v) is 19.7. The van der Waals surface area contributed by atoms with Crippen LogP contribution in [0.1, 0.15) is 52.8 Å². The van der Waals surface area contributed by atoms with Gasteiger partial charge in [0, 0.05) is 16.5 Å². The molecule has 30 heavy (non-hydrogen) atoms. The summed E-state index contributed by atoms with van der Waals surface area (Å²) >= 11 is 5.99. The van der Waals surface area contributed by atoms with Gasteiger partial charge in [-0.3, -0.25) is 0 Å². The van der Waals surface area contributed by atoms with Crippen molar-refractivity contribution in [2.24, 2.45) is 0 Å². The maximum atomic E-state index is 13.0. The van der Waals surface area contributed by atoms with Crippen molar-refractivity contribution < 1.29 is 12.6 Å². The van der Waals surface area contributed by atoms with E-state index in [1.54, 1.807) is 42.5 Å². The van der Waals surface area contributed by atoms with Gasteiger partial charge in [0.05, 0.1) is 11.4 Å². The third kappa shape index (κ3) is 4.87. The highest BCUT2D eigenvalue weighted by Gasteiger charge is 2.26. The Morgan fingerprint density at radius 2 is 1.43 bits per heavy atom. The van der Waals surface area contributed by atoms with Gasteiger partial charge in [-0.2, -0.15) is 18.2 Å². The molecule has 160 valence electrons. The molecule has 0 unspecified atom stereocenters. The van der Waals surface area contributed by atoms with Crippen molar-refractivity contribution >= 4 is 21.7 Å². The fourth-order valence-electron chi connectivity index (χ4n) is 2.84. The summed E-state index contributed by atoms with van der Waals surface area (Å²) in [5.41, 5.74) is 2.06. The van der Waals surface area contributed by atoms with Crippen LogP contribution in [0.2, 0.25) is 5.02 Å². The van der Waals surface area contributed by atoms with Crippen LogP contribution in [0, 0.1) is 0 Å². The SMILES string of the molecule is CC(C)(C)c1ccc(S(=O)(=O)Oc2cc(C(C)(C)C)nn2-c2ccc(Cl)cc2)cc1. The van der Waals surface area contributed by atoms with E-state index in [9.17, 15) is 8.42 Å². The molecule has 1 aromatic heterocycles. The Labute approximate surface area is 183 Å². The zero-order valence-electron chi connectivity index (χ0n) is 18.1. The van der Waals surface area contributed by atoms with Crippen molar-refractivity contribution in [2.45, 2.75) is 57.3 Å². The van der Waals surface area contributed by atoms with Crippen molar-refractivity contribution in [3.63, 3.8) is 0 Å². The zero-order chi connectivity index (χ0) is 22.3. The third-order valence-corrected chi connectivity index (χ3v) is 6.21. The first-order chi connectivity index (χ1) is 13.8. The summed E-state index contributed by atoms with van der Waals surface area (Å²) in [4.78, 5) is 0.0941. The number of hydrogen-bond donors (Lipinski definition) is 0. The van der Waals surface area contributed by atoms with Gasteiger partial charge in [-0.05, 0) is 47.4 Å². The van der Waals surface area contributed by atoms with Gasteiger partial charge in [-0.25, -0.2) is 0 Å². The summed E-state index contributed by atoms with van der Waals surface area (Å²) < 4.78 is 33.0. The maximum Gasteiger partial charge on any atom is 0.340 e. The van der Waals surface area contributed by atoms with Gasteiger partial charge in [0.25, 0.3) is 0 Å². The van der Waals surface area contributed by atoms with Gasteiger partial charge in [0.15, 0.2) is 0 Å². The van der Waals surface area contributed by atoms with Crippen LogP contribution in [0.15, 0.2) is 59.5 Å². The van der Waals surface area contributed by atoms with Gasteiger partial charge >= 0.3 is 10.1 Å². The van der Waals surface area contributed by atoms with E-state index in [0.717, 1.165) is 5.56 Å². The highest BCUT2D eigenvalue weighted by molar-refractivity contribution is 7.87. The third-order valence-electron chi connectivity index (χ3n) is 4.72. The summed E-state index contributed by atoms with van der Waals surface area (Å²) in [6, 6.07) is 15.4. The summed E-state index contributed by atoms with van der Waals surface area (Å²) in [5.74, 6) is 0.127. The van der Waals surface area contributed by atoms with Gasteiger partial charge < -0.3 is 4.18 Å². The smallest absolute Gasteiger partial charge is 0.340 e. The Hall–Kier alpha value is -2.31. The van der Waals surface area contributed by atoms with Gasteiger partial charge in [-0.15, -0.1) is 0 Å². The van der Waals surface area contributed by atoms with Crippen molar-refractivity contribution in [1.82, 2.24) is 9.78 Å². The highest BCUT2D eigenvalue weighted by Crippen LogP contribution is 2.30. The minimum Gasteiger partial charge on any atom is -0.358 e. The minimum absolute atomic E-state index is 0.0715. The Morgan fingerprint density at radius 1 is 0.867 bits per heavy atom. The average molecular weight is 447 g/mol. The van der Waals surface area contributed by atoms with E-state index >= 15 is 0 Å². The average Bonchev–Trinajstić information content (AvgIpc) is 3.05. The molecule has 3 rings (SSSR count). The molecular formula is C23H27ClN2O3S. The van der Waals surface area contributed by atoms with Gasteiger partial charge in [-0.1, -0.05) is 65.3 Å². The maximum absolute atomic E-state index is 13.0. The van der Waals surface area contributed by atoms with Crippen molar-refractivity contribution in [2.75, 3.05) is 0 Å². The molecule has 0 bridgehead atoms. The Morgan fingerprint density at radius 3 is 1.93 bits per heavy atom. The molecule has 0 fully saturated rings. The Balaban J connectivity index is 2.02. The molecule has 0 atom stereocenters. The van der Waals surface area contributed by atoms with E-state index < -0.39 is 10.1 Å². The van der Waals surface area contributed by atoms with Crippen LogP contribution < -0.4 is 4.18 Å². The fraction of sp³-hybridized carbons (Fsp3) is 0.348. The van der Waals surface area contributed by atoms with Crippen LogP contribution in [0.3, 0.4) is 0 Å². The first-order valence-corrected chi connectivity index (χ1v) is 11.5. The Kier molecular flexibility index (Phi) is 5.78. The van der Waals surface area contributed by atoms with E-state index in [-0.39, 0.29) is 21.6 Å². The molecular weight excluding hydrogens is 420 g/mol. The number of rotatable bonds is 4. The van der Waals surface area contributed by atoms with E-state index in [2.05, 4.69) is 25.9 Å². The molecule has 0 saturated carbocycles.